The van der Waals surface area contributed by atoms with Crippen molar-refractivity contribution in [1.29, 1.82) is 0 Å². The van der Waals surface area contributed by atoms with Crippen molar-refractivity contribution >= 4 is 119 Å². The van der Waals surface area contributed by atoms with Crippen molar-refractivity contribution < 1.29 is 102 Å². The lowest BCUT2D eigenvalue weighted by Gasteiger charge is -2.32. The second-order valence-corrected chi connectivity index (χ2v) is 31.9. The Bertz CT molecular complexity index is 3840. The summed E-state index contributed by atoms with van der Waals surface area (Å²) in [6, 6.07) is -4.86. The van der Waals surface area contributed by atoms with Gasteiger partial charge >= 0.3 is 11.9 Å². The van der Waals surface area contributed by atoms with Gasteiger partial charge in [0.25, 0.3) is 0 Å². The van der Waals surface area contributed by atoms with E-state index in [4.69, 9.17) is 40.1 Å². The van der Waals surface area contributed by atoms with Crippen LogP contribution in [0.2, 0.25) is 0 Å². The standard InChI is InChI=1S/C82H136N22O21S/c1-8-46(3)66(103-76(120)56(29-18-21-38-85)98-79(123)62(45-106)102-81(125)67(47(4)9-2)104-75(119)55(28-17-20-37-84)96-70(114)53(86)35-40-126-7)80(124)99-59(32-34-64(108)109)72(116)92-49(6)69(113)95-58(31-33-63(87)107)71(115)91-48(5)68(112)94-57(30-22-39-90-82(88)89)73(117)97-54(27-16-19-36-83)74(118)101-61(43-65(110)111)78(122)100-60(42-51-25-14-11-15-26-51)77(121)93-52(44-105)41-50-23-12-10-13-24-50/h10-15,23-26,44,46-49,52-62,66-67,79,98,106,123H,8-9,16-22,27-43,45,83-86H2,1-7H3,(H2,87,107)(H,91,115)(H,92,116)(H,93,121)(H,94,112)(H,95,113)(H,96,114)(H,97,117)(H,99,124)(H,100,122)(H,101,118)(H,102,125)(H,103,120)(H,104,119)(H,108,109)(H,110,111)(H4,88,89,90)/t46-,47-,48+,49+,52+,53+,54-,55-,56-,57-,58+,59-,60-,61-,62+,66+,67-,79+/m0/s1. The maximum Gasteiger partial charge on any atom is 0.305 e. The van der Waals surface area contributed by atoms with E-state index in [0.717, 1.165) is 6.92 Å². The number of carboxylic acid groups (broad SMARTS) is 2. The summed E-state index contributed by atoms with van der Waals surface area (Å²) in [7, 11) is 0. The summed E-state index contributed by atoms with van der Waals surface area (Å²) >= 11 is 1.49. The van der Waals surface area contributed by atoms with Crippen molar-refractivity contribution in [3.05, 3.63) is 71.8 Å². The van der Waals surface area contributed by atoms with E-state index < -0.39 is 242 Å². The van der Waals surface area contributed by atoms with Crippen LogP contribution in [0, 0.1) is 11.8 Å². The number of hydrogen-bond donors (Lipinski definition) is 25. The Morgan fingerprint density at radius 3 is 1.25 bits per heavy atom. The molecule has 706 valence electrons. The first-order valence-electron chi connectivity index (χ1n) is 42.5. The summed E-state index contributed by atoms with van der Waals surface area (Å²) in [5, 5.41) is 77.6. The zero-order valence-corrected chi connectivity index (χ0v) is 73.8. The van der Waals surface area contributed by atoms with E-state index >= 15 is 0 Å². The Kier molecular flexibility index (Phi) is 54.1. The number of benzene rings is 2. The van der Waals surface area contributed by atoms with Gasteiger partial charge in [0.15, 0.2) is 5.96 Å². The number of thioether (sulfide) groups is 1. The van der Waals surface area contributed by atoms with Crippen LogP contribution in [0.15, 0.2) is 65.7 Å². The number of nitrogens with two attached hydrogens (primary N) is 7. The van der Waals surface area contributed by atoms with Gasteiger partial charge in [-0.3, -0.25) is 87.0 Å². The van der Waals surface area contributed by atoms with Gasteiger partial charge in [0.2, 0.25) is 82.7 Å². The van der Waals surface area contributed by atoms with E-state index in [1.54, 1.807) is 88.4 Å². The van der Waals surface area contributed by atoms with Gasteiger partial charge in [-0.1, -0.05) is 108 Å². The number of aliphatic carboxylic acids is 2. The molecule has 44 heteroatoms. The molecule has 0 heterocycles. The second kappa shape index (κ2) is 61.4. The minimum absolute atomic E-state index is 0.00711. The number of aldehydes is 1. The fraction of sp³-hybridized carbons (Fsp3) is 0.634. The smallest absolute Gasteiger partial charge is 0.305 e. The number of amides is 14. The van der Waals surface area contributed by atoms with Crippen molar-refractivity contribution in [2.24, 2.45) is 57.0 Å². The van der Waals surface area contributed by atoms with Crippen LogP contribution >= 0.6 is 11.8 Å². The number of hydrogen-bond acceptors (Lipinski definition) is 26. The number of carbonyl (C=O) groups excluding carboxylic acids is 15. The first-order chi connectivity index (χ1) is 59.8. The van der Waals surface area contributed by atoms with Crippen LogP contribution in [-0.4, -0.2) is 269 Å². The molecular weight excluding hydrogens is 1660 g/mol. The van der Waals surface area contributed by atoms with Crippen LogP contribution < -0.4 is 115 Å². The van der Waals surface area contributed by atoms with Crippen LogP contribution in [0.25, 0.3) is 0 Å². The highest BCUT2D eigenvalue weighted by atomic mass is 32.2. The predicted molar refractivity (Wildman–Crippen MR) is 469 cm³/mol. The minimum atomic E-state index is -1.89. The first kappa shape index (κ1) is 111. The molecule has 0 aliphatic carbocycles. The van der Waals surface area contributed by atoms with Crippen LogP contribution in [-0.2, 0) is 94.3 Å². The number of aliphatic imine (C=N–C) groups is 1. The van der Waals surface area contributed by atoms with Gasteiger partial charge in [-0.25, -0.2) is 0 Å². The topological polar surface area (TPSA) is 734 Å². The van der Waals surface area contributed by atoms with Gasteiger partial charge in [-0.05, 0) is 158 Å². The maximum absolute atomic E-state index is 14.5. The Balaban J connectivity index is 2.45. The highest BCUT2D eigenvalue weighted by Crippen LogP contribution is 2.17. The summed E-state index contributed by atoms with van der Waals surface area (Å²) in [6.45, 7) is 8.59. The molecule has 2 aromatic carbocycles. The molecule has 0 radical (unpaired) electrons. The van der Waals surface area contributed by atoms with E-state index in [1.807, 2.05) is 6.26 Å². The quantitative estimate of drug-likeness (QED) is 0.00966. The SMILES string of the molecule is CC[C@H](C)[C@H](NC(=O)[C@H](CCCCN)NC(=O)[C@H](N)CCSC)C(=O)N[C@H](CO)[C@@H](O)N[C@@H](CCCCN)C(=O)N[C@@H](C(=O)N[C@@H](CCC(=O)O)C(=O)N[C@H](C)C(=O)N[C@H](CCC(N)=O)C(=O)N[C@H](C)C(=O)N[C@@H](CCCN=C(N)N)C(=O)N[C@@H](CCCCN)C(=O)N[C@@H](CC(=O)O)C(=O)N[C@@H](Cc1ccccc1)C(=O)N[C@@H](C=O)Cc1ccccc1)[C@@H](C)CC. The van der Waals surface area contributed by atoms with Crippen molar-refractivity contribution in [3.8, 4) is 0 Å². The molecule has 0 aliphatic heterocycles. The van der Waals surface area contributed by atoms with E-state index in [0.29, 0.717) is 68.2 Å². The number of unbranched alkanes of at least 4 members (excludes halogenated alkanes) is 3. The molecule has 0 bridgehead atoms. The Hall–Kier alpha value is -11.0. The average Bonchev–Trinajstić information content (AvgIpc) is 0.859. The molecule has 43 nitrogen and oxygen atoms in total. The molecule has 126 heavy (non-hydrogen) atoms. The predicted octanol–water partition coefficient (Wildman–Crippen LogP) is -5.50. The lowest BCUT2D eigenvalue weighted by Crippen LogP contribution is -2.63. The number of rotatable bonds is 66. The van der Waals surface area contributed by atoms with Gasteiger partial charge in [0.1, 0.15) is 79.0 Å². The van der Waals surface area contributed by atoms with E-state index in [1.165, 1.54) is 18.7 Å². The van der Waals surface area contributed by atoms with Gasteiger partial charge in [0.05, 0.1) is 37.2 Å². The minimum Gasteiger partial charge on any atom is -0.481 e. The summed E-state index contributed by atoms with van der Waals surface area (Å²) in [5.74, 6) is -17.5. The molecule has 18 atom stereocenters. The Morgan fingerprint density at radius 1 is 0.429 bits per heavy atom. The van der Waals surface area contributed by atoms with E-state index in [9.17, 15) is 102 Å². The number of aliphatic hydroxyl groups excluding tert-OH is 2. The number of guanidine groups is 1. The fourth-order valence-electron chi connectivity index (χ4n) is 12.7. The molecule has 0 saturated heterocycles. The molecule has 0 unspecified atom stereocenters. The largest absolute Gasteiger partial charge is 0.481 e. The van der Waals surface area contributed by atoms with E-state index in [2.05, 4.69) is 79.4 Å². The monoisotopic (exact) mass is 1800 g/mol. The summed E-state index contributed by atoms with van der Waals surface area (Å²) in [4.78, 5) is 237. The van der Waals surface area contributed by atoms with Gasteiger partial charge in [0, 0.05) is 25.8 Å². The number of primary amides is 1. The third kappa shape index (κ3) is 43.2. The molecule has 14 amide bonds. The molecular formula is C82H136N22O21S. The van der Waals surface area contributed by atoms with Crippen molar-refractivity contribution in [1.82, 2.24) is 74.4 Å². The van der Waals surface area contributed by atoms with Gasteiger partial charge in [-0.15, -0.1) is 0 Å². The normalized spacial score (nSPS) is 15.4. The van der Waals surface area contributed by atoms with Crippen molar-refractivity contribution in [2.75, 3.05) is 44.8 Å². The molecule has 2 rings (SSSR count). The van der Waals surface area contributed by atoms with Gasteiger partial charge < -0.3 is 134 Å². The summed E-state index contributed by atoms with van der Waals surface area (Å²) in [6.07, 6.45) is -0.402. The number of nitrogens with one attached hydrogen (secondary N) is 14. The third-order valence-corrected chi connectivity index (χ3v) is 21.3. The number of nitrogens with zero attached hydrogens (tertiary/aromatic N) is 1. The highest BCUT2D eigenvalue weighted by Gasteiger charge is 2.40. The molecule has 0 fully saturated rings. The number of carboxylic acids is 2. The van der Waals surface area contributed by atoms with Crippen molar-refractivity contribution in [2.45, 2.75) is 273 Å². The number of aliphatic hydroxyl groups is 2. The summed E-state index contributed by atoms with van der Waals surface area (Å²) < 4.78 is 0. The molecule has 0 saturated carbocycles. The second-order valence-electron chi connectivity index (χ2n) is 31.0. The van der Waals surface area contributed by atoms with Crippen LogP contribution in [0.1, 0.15) is 175 Å². The molecule has 0 aromatic heterocycles. The molecule has 0 spiro atoms. The third-order valence-electron chi connectivity index (χ3n) is 20.6. The van der Waals surface area contributed by atoms with Crippen LogP contribution in [0.4, 0.5) is 0 Å². The van der Waals surface area contributed by atoms with Crippen LogP contribution in [0.3, 0.4) is 0 Å². The molecule has 32 N–H and O–H groups in total. The van der Waals surface area contributed by atoms with Crippen LogP contribution in [0.5, 0.6) is 0 Å². The number of carbonyl (C=O) groups is 17. The zero-order chi connectivity index (χ0) is 94.5. The van der Waals surface area contributed by atoms with Gasteiger partial charge in [-0.2, -0.15) is 11.8 Å². The molecule has 2 aromatic rings. The zero-order valence-electron chi connectivity index (χ0n) is 73.0. The first-order valence-corrected chi connectivity index (χ1v) is 43.9. The fourth-order valence-corrected chi connectivity index (χ4v) is 13.2. The lowest BCUT2D eigenvalue weighted by atomic mass is 9.96. The Labute approximate surface area is 738 Å². The maximum atomic E-state index is 14.5. The van der Waals surface area contributed by atoms with E-state index in [-0.39, 0.29) is 89.8 Å². The highest BCUT2D eigenvalue weighted by molar-refractivity contribution is 7.98. The van der Waals surface area contributed by atoms with Crippen molar-refractivity contribution in [3.63, 3.8) is 0 Å². The average molecular weight is 1800 g/mol. The molecule has 0 aliphatic rings. The summed E-state index contributed by atoms with van der Waals surface area (Å²) in [5.41, 5.74) is 41.2. The Morgan fingerprint density at radius 2 is 0.810 bits per heavy atom. The lowest BCUT2D eigenvalue weighted by molar-refractivity contribution is -0.141.